The average molecular weight is 440 g/mol. The van der Waals surface area contributed by atoms with Crippen molar-refractivity contribution in [3.05, 3.63) is 58.9 Å². The van der Waals surface area contributed by atoms with Gasteiger partial charge in [-0.05, 0) is 55.1 Å². The predicted molar refractivity (Wildman–Crippen MR) is 122 cm³/mol. The van der Waals surface area contributed by atoms with Crippen molar-refractivity contribution in [2.24, 2.45) is 0 Å². The molecule has 0 atom stereocenters. The van der Waals surface area contributed by atoms with E-state index < -0.39 is 0 Å². The number of likely N-dealkylation sites (tertiary alicyclic amines) is 1. The van der Waals surface area contributed by atoms with Crippen LogP contribution in [0.4, 0.5) is 5.82 Å². The normalized spacial score (nSPS) is 14.5. The van der Waals surface area contributed by atoms with Gasteiger partial charge in [0.1, 0.15) is 17.4 Å². The Bertz CT molecular complexity index is 1070. The molecular weight excluding hydrogens is 414 g/mol. The number of benzene rings is 1. The monoisotopic (exact) mass is 439 g/mol. The lowest BCUT2D eigenvalue weighted by Crippen LogP contribution is -2.33. The largest absolute Gasteiger partial charge is 0.475 e. The van der Waals surface area contributed by atoms with Crippen molar-refractivity contribution in [2.45, 2.75) is 25.8 Å². The molecule has 7 nitrogen and oxygen atoms in total. The zero-order chi connectivity index (χ0) is 21.6. The number of ether oxygens (including phenoxy) is 1. The van der Waals surface area contributed by atoms with Crippen molar-refractivity contribution in [2.75, 3.05) is 32.0 Å². The van der Waals surface area contributed by atoms with Gasteiger partial charge in [0.2, 0.25) is 5.88 Å². The summed E-state index contributed by atoms with van der Waals surface area (Å²) >= 11 is 6.29. The van der Waals surface area contributed by atoms with Gasteiger partial charge in [0.15, 0.2) is 0 Å². The number of amides is 1. The molecule has 1 fully saturated rings. The molecule has 1 aliphatic heterocycles. The van der Waals surface area contributed by atoms with Crippen molar-refractivity contribution in [1.82, 2.24) is 20.2 Å². The van der Waals surface area contributed by atoms with E-state index in [2.05, 4.69) is 20.2 Å². The average Bonchev–Trinajstić information content (AvgIpc) is 2.79. The number of halogens is 1. The van der Waals surface area contributed by atoms with Crippen LogP contribution >= 0.6 is 11.6 Å². The molecule has 8 heteroatoms. The van der Waals surface area contributed by atoms with Gasteiger partial charge in [-0.1, -0.05) is 30.2 Å². The summed E-state index contributed by atoms with van der Waals surface area (Å²) < 4.78 is 5.72. The van der Waals surface area contributed by atoms with E-state index in [-0.39, 0.29) is 5.91 Å². The number of carbonyl (C=O) groups is 1. The van der Waals surface area contributed by atoms with Gasteiger partial charge in [0.25, 0.3) is 5.91 Å². The first-order valence-electron chi connectivity index (χ1n) is 10.5. The second kappa shape index (κ2) is 9.94. The van der Waals surface area contributed by atoms with E-state index in [9.17, 15) is 4.79 Å². The minimum Gasteiger partial charge on any atom is -0.475 e. The first kappa shape index (κ1) is 21.3. The molecule has 3 aromatic rings. The van der Waals surface area contributed by atoms with E-state index in [0.29, 0.717) is 35.4 Å². The number of pyridine rings is 2. The Hall–Kier alpha value is -2.90. The Balaban J connectivity index is 1.31. The molecular formula is C23H26ClN5O2. The highest BCUT2D eigenvalue weighted by Gasteiger charge is 2.13. The van der Waals surface area contributed by atoms with Gasteiger partial charge in [-0.2, -0.15) is 0 Å². The van der Waals surface area contributed by atoms with Crippen LogP contribution in [-0.4, -0.2) is 47.0 Å². The summed E-state index contributed by atoms with van der Waals surface area (Å²) in [4.78, 5) is 23.2. The van der Waals surface area contributed by atoms with Crippen molar-refractivity contribution in [1.29, 1.82) is 0 Å². The summed E-state index contributed by atoms with van der Waals surface area (Å²) in [5.41, 5.74) is 7.24. The molecule has 0 saturated carbocycles. The third-order valence-corrected chi connectivity index (χ3v) is 5.75. The summed E-state index contributed by atoms with van der Waals surface area (Å²) in [5.74, 6) is 0.603. The first-order valence-corrected chi connectivity index (χ1v) is 10.9. The van der Waals surface area contributed by atoms with Crippen LogP contribution in [0, 0.1) is 0 Å². The van der Waals surface area contributed by atoms with Crippen LogP contribution < -0.4 is 15.8 Å². The summed E-state index contributed by atoms with van der Waals surface area (Å²) in [6, 6.07) is 9.30. The molecule has 1 amide bonds. The molecule has 4 rings (SSSR count). The molecule has 3 N–H and O–H groups in total. The van der Waals surface area contributed by atoms with Gasteiger partial charge >= 0.3 is 0 Å². The number of nitrogens with one attached hydrogen (secondary N) is 1. The van der Waals surface area contributed by atoms with Crippen LogP contribution in [-0.2, 0) is 6.54 Å². The van der Waals surface area contributed by atoms with Crippen molar-refractivity contribution >= 4 is 34.1 Å². The number of nitrogen functional groups attached to an aromatic ring is 1. The highest BCUT2D eigenvalue weighted by Crippen LogP contribution is 2.23. The molecule has 0 bridgehead atoms. The van der Waals surface area contributed by atoms with Gasteiger partial charge in [0, 0.05) is 30.9 Å². The van der Waals surface area contributed by atoms with Gasteiger partial charge in [-0.25, -0.2) is 9.97 Å². The van der Waals surface area contributed by atoms with E-state index in [1.165, 1.54) is 25.5 Å². The quantitative estimate of drug-likeness (QED) is 0.583. The van der Waals surface area contributed by atoms with Crippen LogP contribution in [0.25, 0.3) is 10.8 Å². The van der Waals surface area contributed by atoms with E-state index in [1.54, 1.807) is 12.3 Å². The van der Waals surface area contributed by atoms with Crippen molar-refractivity contribution < 1.29 is 9.53 Å². The standard InChI is InChI=1S/C23H26ClN5O2/c24-20-13-18(15-28-23(20)31-11-10-29-8-2-1-3-9-29)22(30)27-14-16-4-5-19-17(12-16)6-7-26-21(19)25/h4-7,12-13,15H,1-3,8-11,14H2,(H2,25,26)(H,27,30). The molecule has 2 aromatic heterocycles. The molecule has 1 saturated heterocycles. The number of piperidine rings is 1. The SMILES string of the molecule is Nc1nccc2cc(CNC(=O)c3cnc(OCCN4CCCCC4)c(Cl)c3)ccc12. The smallest absolute Gasteiger partial charge is 0.253 e. The Morgan fingerprint density at radius 3 is 2.81 bits per heavy atom. The number of anilines is 1. The van der Waals surface area contributed by atoms with Crippen LogP contribution in [0.3, 0.4) is 0 Å². The summed E-state index contributed by atoms with van der Waals surface area (Å²) in [6.07, 6.45) is 6.95. The van der Waals surface area contributed by atoms with Crippen molar-refractivity contribution in [3.63, 3.8) is 0 Å². The highest BCUT2D eigenvalue weighted by atomic mass is 35.5. The third-order valence-electron chi connectivity index (χ3n) is 5.48. The van der Waals surface area contributed by atoms with Crippen LogP contribution in [0.15, 0.2) is 42.7 Å². The maximum Gasteiger partial charge on any atom is 0.253 e. The Kier molecular flexibility index (Phi) is 6.84. The Morgan fingerprint density at radius 1 is 1.16 bits per heavy atom. The first-order chi connectivity index (χ1) is 15.1. The summed E-state index contributed by atoms with van der Waals surface area (Å²) in [7, 11) is 0. The second-order valence-electron chi connectivity index (χ2n) is 7.70. The number of aromatic nitrogens is 2. The molecule has 162 valence electrons. The zero-order valence-electron chi connectivity index (χ0n) is 17.3. The second-order valence-corrected chi connectivity index (χ2v) is 8.10. The number of rotatable bonds is 7. The number of nitrogens with two attached hydrogens (primary N) is 1. The molecule has 3 heterocycles. The van der Waals surface area contributed by atoms with E-state index in [0.717, 1.165) is 36.0 Å². The lowest BCUT2D eigenvalue weighted by atomic mass is 10.1. The van der Waals surface area contributed by atoms with E-state index in [1.807, 2.05) is 24.3 Å². The minimum absolute atomic E-state index is 0.247. The highest BCUT2D eigenvalue weighted by molar-refractivity contribution is 6.32. The minimum atomic E-state index is -0.247. The molecule has 1 aliphatic rings. The lowest BCUT2D eigenvalue weighted by Gasteiger charge is -2.26. The molecule has 31 heavy (non-hydrogen) atoms. The number of hydrogen-bond acceptors (Lipinski definition) is 6. The number of nitrogens with zero attached hydrogens (tertiary/aromatic N) is 3. The zero-order valence-corrected chi connectivity index (χ0v) is 18.1. The van der Waals surface area contributed by atoms with Gasteiger partial charge < -0.3 is 15.8 Å². The maximum atomic E-state index is 12.5. The van der Waals surface area contributed by atoms with Crippen LogP contribution in [0.5, 0.6) is 5.88 Å². The fraction of sp³-hybridized carbons (Fsp3) is 0.348. The van der Waals surface area contributed by atoms with Crippen molar-refractivity contribution in [3.8, 4) is 5.88 Å². The van der Waals surface area contributed by atoms with Gasteiger partial charge in [-0.3, -0.25) is 9.69 Å². The van der Waals surface area contributed by atoms with E-state index in [4.69, 9.17) is 22.1 Å². The predicted octanol–water partition coefficient (Wildman–Crippen LogP) is 3.66. The topological polar surface area (TPSA) is 93.4 Å². The Labute approximate surface area is 186 Å². The maximum absolute atomic E-state index is 12.5. The fourth-order valence-corrected chi connectivity index (χ4v) is 3.98. The molecule has 0 radical (unpaired) electrons. The van der Waals surface area contributed by atoms with Gasteiger partial charge in [0.05, 0.1) is 5.56 Å². The molecule has 1 aromatic carbocycles. The number of fused-ring (bicyclic) bond motifs is 1. The molecule has 0 spiro atoms. The number of hydrogen-bond donors (Lipinski definition) is 2. The lowest BCUT2D eigenvalue weighted by molar-refractivity contribution is 0.0950. The molecule has 0 unspecified atom stereocenters. The summed E-state index contributed by atoms with van der Waals surface area (Å²) in [6.45, 7) is 3.99. The summed E-state index contributed by atoms with van der Waals surface area (Å²) in [5, 5.41) is 5.10. The van der Waals surface area contributed by atoms with Crippen LogP contribution in [0.2, 0.25) is 5.02 Å². The number of carbonyl (C=O) groups excluding carboxylic acids is 1. The fourth-order valence-electron chi connectivity index (χ4n) is 3.76. The molecule has 0 aliphatic carbocycles. The van der Waals surface area contributed by atoms with Crippen LogP contribution in [0.1, 0.15) is 35.2 Å². The third kappa shape index (κ3) is 5.42. The van der Waals surface area contributed by atoms with Gasteiger partial charge in [-0.15, -0.1) is 0 Å². The van der Waals surface area contributed by atoms with E-state index >= 15 is 0 Å². The Morgan fingerprint density at radius 2 is 2.00 bits per heavy atom.